The van der Waals surface area contributed by atoms with Gasteiger partial charge in [0, 0.05) is 5.02 Å². The molecule has 0 saturated heterocycles. The number of anilines is 3. The minimum Gasteiger partial charge on any atom is -0.382 e. The van der Waals surface area contributed by atoms with E-state index < -0.39 is 0 Å². The average molecular weight is 337 g/mol. The maximum absolute atomic E-state index is 6.13. The second kappa shape index (κ2) is 5.63. The van der Waals surface area contributed by atoms with E-state index in [2.05, 4.69) is 10.3 Å². The molecule has 0 bridgehead atoms. The third kappa shape index (κ3) is 3.18. The molecule has 100 valence electrons. The van der Waals surface area contributed by atoms with E-state index in [0.29, 0.717) is 31.6 Å². The molecule has 19 heavy (non-hydrogen) atoms. The molecule has 1 heterocycles. The first-order valence-corrected chi connectivity index (χ1v) is 6.74. The van der Waals surface area contributed by atoms with E-state index in [1.54, 1.807) is 12.1 Å². The molecular weight excluding hydrogens is 328 g/mol. The average Bonchev–Trinajstić information content (AvgIpc) is 2.32. The molecule has 0 unspecified atom stereocenters. The van der Waals surface area contributed by atoms with Gasteiger partial charge in [-0.05, 0) is 30.7 Å². The van der Waals surface area contributed by atoms with E-state index in [4.69, 9.17) is 52.1 Å². The molecule has 2 aromatic rings. The summed E-state index contributed by atoms with van der Waals surface area (Å²) in [4.78, 5) is 4.06. The van der Waals surface area contributed by atoms with Crippen LogP contribution in [0.3, 0.4) is 0 Å². The number of aromatic nitrogens is 1. The summed E-state index contributed by atoms with van der Waals surface area (Å²) < 4.78 is 0. The number of benzene rings is 1. The fourth-order valence-corrected chi connectivity index (χ4v) is 2.27. The van der Waals surface area contributed by atoms with Crippen molar-refractivity contribution in [3.05, 3.63) is 43.9 Å². The molecule has 0 radical (unpaired) electrons. The predicted molar refractivity (Wildman–Crippen MR) is 83.2 cm³/mol. The van der Waals surface area contributed by atoms with Crippen LogP contribution in [0.5, 0.6) is 0 Å². The van der Waals surface area contributed by atoms with Crippen LogP contribution in [0.2, 0.25) is 20.1 Å². The third-order valence-corrected chi connectivity index (χ3v) is 3.77. The van der Waals surface area contributed by atoms with Crippen LogP contribution in [0.4, 0.5) is 17.3 Å². The molecule has 2 rings (SSSR count). The molecule has 1 aromatic carbocycles. The number of aryl methyl sites for hydroxylation is 1. The quantitative estimate of drug-likeness (QED) is 0.779. The maximum Gasteiger partial charge on any atom is 0.151 e. The van der Waals surface area contributed by atoms with Crippen LogP contribution < -0.4 is 11.1 Å². The summed E-state index contributed by atoms with van der Waals surface area (Å²) in [7, 11) is 0. The molecule has 0 saturated carbocycles. The minimum atomic E-state index is 0.183. The van der Waals surface area contributed by atoms with E-state index >= 15 is 0 Å². The van der Waals surface area contributed by atoms with Gasteiger partial charge in [-0.3, -0.25) is 0 Å². The number of hydrogen-bond donors (Lipinski definition) is 2. The van der Waals surface area contributed by atoms with Crippen molar-refractivity contribution in [3.63, 3.8) is 0 Å². The highest BCUT2D eigenvalue weighted by atomic mass is 35.5. The van der Waals surface area contributed by atoms with Gasteiger partial charge in [-0.1, -0.05) is 46.4 Å². The van der Waals surface area contributed by atoms with Gasteiger partial charge in [-0.15, -0.1) is 0 Å². The lowest BCUT2D eigenvalue weighted by Gasteiger charge is -2.12. The minimum absolute atomic E-state index is 0.183. The van der Waals surface area contributed by atoms with E-state index in [9.17, 15) is 0 Å². The van der Waals surface area contributed by atoms with Crippen LogP contribution in [0.25, 0.3) is 0 Å². The number of halogens is 4. The number of nitrogens with two attached hydrogens (primary N) is 1. The molecule has 3 N–H and O–H groups in total. The molecule has 7 heteroatoms. The Balaban J connectivity index is 2.42. The third-order valence-electron chi connectivity index (χ3n) is 2.46. The molecule has 1 aromatic heterocycles. The highest BCUT2D eigenvalue weighted by Gasteiger charge is 2.10. The largest absolute Gasteiger partial charge is 0.382 e. The van der Waals surface area contributed by atoms with Gasteiger partial charge >= 0.3 is 0 Å². The summed E-state index contributed by atoms with van der Waals surface area (Å²) in [5.41, 5.74) is 7.11. The van der Waals surface area contributed by atoms with Gasteiger partial charge in [-0.2, -0.15) is 0 Å². The Labute approximate surface area is 130 Å². The molecule has 0 spiro atoms. The second-order valence-corrected chi connectivity index (χ2v) is 5.52. The van der Waals surface area contributed by atoms with Crippen molar-refractivity contribution in [2.75, 3.05) is 11.1 Å². The maximum atomic E-state index is 6.13. The van der Waals surface area contributed by atoms with Gasteiger partial charge in [-0.25, -0.2) is 4.98 Å². The van der Waals surface area contributed by atoms with Gasteiger partial charge in [0.05, 0.1) is 20.8 Å². The SMILES string of the molecule is Cc1cc(Cl)c(Nc2nc(N)c(Cl)cc2Cl)cc1Cl. The van der Waals surface area contributed by atoms with Crippen LogP contribution in [0, 0.1) is 6.92 Å². The number of hydrogen-bond acceptors (Lipinski definition) is 3. The van der Waals surface area contributed by atoms with Crippen LogP contribution in [0.1, 0.15) is 5.56 Å². The Hall–Kier alpha value is -0.870. The monoisotopic (exact) mass is 335 g/mol. The zero-order chi connectivity index (χ0) is 14.2. The van der Waals surface area contributed by atoms with Crippen molar-refractivity contribution >= 4 is 63.7 Å². The molecule has 0 aliphatic rings. The summed E-state index contributed by atoms with van der Waals surface area (Å²) >= 11 is 24.0. The van der Waals surface area contributed by atoms with Crippen LogP contribution in [0.15, 0.2) is 18.2 Å². The fourth-order valence-electron chi connectivity index (χ4n) is 1.44. The molecule has 0 atom stereocenters. The van der Waals surface area contributed by atoms with Crippen molar-refractivity contribution in [3.8, 4) is 0 Å². The van der Waals surface area contributed by atoms with Crippen molar-refractivity contribution in [1.29, 1.82) is 0 Å². The second-order valence-electron chi connectivity index (χ2n) is 3.89. The van der Waals surface area contributed by atoms with E-state index in [1.165, 1.54) is 6.07 Å². The van der Waals surface area contributed by atoms with Gasteiger partial charge in [0.1, 0.15) is 5.82 Å². The number of pyridine rings is 1. The van der Waals surface area contributed by atoms with Crippen molar-refractivity contribution in [1.82, 2.24) is 4.98 Å². The van der Waals surface area contributed by atoms with E-state index in [0.717, 1.165) is 5.56 Å². The zero-order valence-electron chi connectivity index (χ0n) is 9.77. The topological polar surface area (TPSA) is 50.9 Å². The Morgan fingerprint density at radius 3 is 2.32 bits per heavy atom. The van der Waals surface area contributed by atoms with Crippen LogP contribution in [-0.4, -0.2) is 4.98 Å². The highest BCUT2D eigenvalue weighted by molar-refractivity contribution is 6.38. The summed E-state index contributed by atoms with van der Waals surface area (Å²) in [6, 6.07) is 4.96. The van der Waals surface area contributed by atoms with Gasteiger partial charge in [0.2, 0.25) is 0 Å². The van der Waals surface area contributed by atoms with Gasteiger partial charge in [0.25, 0.3) is 0 Å². The summed E-state index contributed by atoms with van der Waals surface area (Å²) in [6.07, 6.45) is 0. The number of rotatable bonds is 2. The Morgan fingerprint density at radius 1 is 0.947 bits per heavy atom. The Kier molecular flexibility index (Phi) is 4.31. The lowest BCUT2D eigenvalue weighted by molar-refractivity contribution is 1.31. The molecule has 0 amide bonds. The standard InChI is InChI=1S/C12H9Cl4N3/c1-5-2-7(14)10(4-6(5)13)18-12-9(16)3-8(15)11(17)19-12/h2-4H,1H3,(H3,17,18,19). The van der Waals surface area contributed by atoms with Crippen molar-refractivity contribution in [2.45, 2.75) is 6.92 Å². The fraction of sp³-hybridized carbons (Fsp3) is 0.0833. The first-order chi connectivity index (χ1) is 8.88. The normalized spacial score (nSPS) is 10.6. The van der Waals surface area contributed by atoms with Gasteiger partial charge < -0.3 is 11.1 Å². The molecule has 3 nitrogen and oxygen atoms in total. The Morgan fingerprint density at radius 2 is 1.63 bits per heavy atom. The lowest BCUT2D eigenvalue weighted by Crippen LogP contribution is -2.00. The molecule has 0 aliphatic heterocycles. The van der Waals surface area contributed by atoms with Gasteiger partial charge in [0.15, 0.2) is 5.82 Å². The van der Waals surface area contributed by atoms with E-state index in [-0.39, 0.29) is 5.82 Å². The van der Waals surface area contributed by atoms with Crippen molar-refractivity contribution in [2.24, 2.45) is 0 Å². The Bertz CT molecular complexity index is 588. The first-order valence-electron chi connectivity index (χ1n) is 5.22. The summed E-state index contributed by atoms with van der Waals surface area (Å²) in [5.74, 6) is 0.549. The smallest absolute Gasteiger partial charge is 0.151 e. The number of nitrogen functional groups attached to an aromatic ring is 1. The predicted octanol–water partition coefficient (Wildman–Crippen LogP) is 5.33. The highest BCUT2D eigenvalue weighted by Crippen LogP contribution is 2.34. The number of nitrogens with zero attached hydrogens (tertiary/aromatic N) is 1. The van der Waals surface area contributed by atoms with E-state index in [1.807, 2.05) is 6.92 Å². The van der Waals surface area contributed by atoms with Crippen molar-refractivity contribution < 1.29 is 0 Å². The zero-order valence-corrected chi connectivity index (χ0v) is 12.8. The van der Waals surface area contributed by atoms with Crippen LogP contribution >= 0.6 is 46.4 Å². The molecule has 0 fully saturated rings. The summed E-state index contributed by atoms with van der Waals surface area (Å²) in [6.45, 7) is 1.86. The first kappa shape index (κ1) is 14.5. The van der Waals surface area contributed by atoms with Crippen LogP contribution in [-0.2, 0) is 0 Å². The number of nitrogens with one attached hydrogen (secondary N) is 1. The molecular formula is C12H9Cl4N3. The molecule has 0 aliphatic carbocycles. The lowest BCUT2D eigenvalue weighted by atomic mass is 10.2. The summed E-state index contributed by atoms with van der Waals surface area (Å²) in [5, 5.41) is 4.71.